The Morgan fingerprint density at radius 2 is 0.569 bits per heavy atom. The van der Waals surface area contributed by atoms with Crippen LogP contribution in [0.15, 0.2) is 109 Å². The number of aryl methyl sites for hydroxylation is 15. The molecule has 0 amide bonds. The molecule has 0 spiro atoms. The average Bonchev–Trinajstić information content (AvgIpc) is 1.67. The van der Waals surface area contributed by atoms with Crippen molar-refractivity contribution in [1.29, 1.82) is 0 Å². The van der Waals surface area contributed by atoms with Crippen LogP contribution in [0, 0.1) is 69.2 Å². The number of anilines is 9. The summed E-state index contributed by atoms with van der Waals surface area (Å²) >= 11 is 5.58. The van der Waals surface area contributed by atoms with E-state index < -0.39 is 56.3 Å². The van der Waals surface area contributed by atoms with E-state index in [2.05, 4.69) is 132 Å². The van der Waals surface area contributed by atoms with E-state index in [1.165, 1.54) is 5.30 Å². The van der Waals surface area contributed by atoms with Gasteiger partial charge in [-0.1, -0.05) is 23.9 Å². The topological polar surface area (TPSA) is 410 Å². The molecule has 4 aromatic carbocycles. The number of hydrogen-bond donors (Lipinski definition) is 6. The fraction of sp³-hybridized carbons (Fsp3) is 0.370. The van der Waals surface area contributed by atoms with E-state index in [-0.39, 0.29) is 11.8 Å². The minimum atomic E-state index is -2.90. The number of imidazole rings is 5. The maximum Gasteiger partial charge on any atom is 0.178 e. The van der Waals surface area contributed by atoms with E-state index in [1.54, 1.807) is 97.5 Å². The Balaban J connectivity index is 0.000000161. The van der Waals surface area contributed by atoms with E-state index in [0.29, 0.717) is 68.4 Å². The minimum absolute atomic E-state index is 0.221. The van der Waals surface area contributed by atoms with E-state index >= 15 is 0 Å². The number of hydrogen-bond acceptors (Lipinski definition) is 28. The van der Waals surface area contributed by atoms with Crippen LogP contribution in [0.2, 0.25) is 0 Å². The number of aromatic nitrogens is 20. The Morgan fingerprint density at radius 1 is 0.317 bits per heavy atom. The highest BCUT2D eigenvalue weighted by Crippen LogP contribution is 2.57. The third-order valence-corrected chi connectivity index (χ3v) is 39.8. The number of benzene rings is 4. The Morgan fingerprint density at radius 3 is 0.829 bits per heavy atom. The van der Waals surface area contributed by atoms with Crippen LogP contribution in [0.5, 0.6) is 0 Å². The van der Waals surface area contributed by atoms with Crippen molar-refractivity contribution in [2.24, 2.45) is 35.2 Å². The highest BCUT2D eigenvalue weighted by atomic mass is 32.4. The molecular weight excluding hydrogens is 1730 g/mol. The van der Waals surface area contributed by atoms with E-state index in [1.807, 2.05) is 200 Å². The Bertz CT molecular complexity index is 6460. The van der Waals surface area contributed by atoms with Crippen molar-refractivity contribution in [3.63, 3.8) is 0 Å². The number of fused-ring (bicyclic) bond motifs is 5. The first-order valence-corrected chi connectivity index (χ1v) is 60.4. The molecular formula is C81H112N26O7P8S. The molecule has 10 heterocycles. The van der Waals surface area contributed by atoms with Crippen molar-refractivity contribution in [1.82, 2.24) is 102 Å². The smallest absolute Gasteiger partial charge is 0.178 e. The zero-order chi connectivity index (χ0) is 90.9. The SMILES string of the molecule is Cc1nc(N/C=C/P(C)(=O)CP(C)(C)=O)c2nc(C)n(C)c2n1.Cc1nc(Nc2ccc(P(C)(=O)CP(C)(C)=O)cc2)c2nc(C)n(C)c2n1.Cc1nc(Nc2ccc(P(C)(=O)NP(C)(C)=O)cc2)c2nc(C)n(C)c2n1.Cc1nc(Nc2ccc(P(C)(C)=O)cc2)c2nc(C)n(C)c2n1.Cc1nc(Nc2ccc(P(C)(C)=S)cc2)c2nc(C)n(C)c2n1. The number of nitrogens with one attached hydrogen (secondary N) is 6. The Kier molecular flexibility index (Phi) is 29.1. The predicted molar refractivity (Wildman–Crippen MR) is 516 cm³/mol. The van der Waals surface area contributed by atoms with Gasteiger partial charge >= 0.3 is 0 Å². The number of nitrogens with zero attached hydrogens (tertiary/aromatic N) is 20. The van der Waals surface area contributed by atoms with Gasteiger partial charge in [-0.25, -0.2) is 79.6 Å². The van der Waals surface area contributed by atoms with Crippen molar-refractivity contribution in [2.75, 3.05) is 125 Å². The quantitative estimate of drug-likeness (QED) is 0.0364. The van der Waals surface area contributed by atoms with Gasteiger partial charge in [-0.2, -0.15) is 0 Å². The standard InChI is InChI=1S/C18H25N5O2P2.C17H24N6O2P2.C16H20N5OP.C16H20N5PS.C14H23N5O2P2/c1-12-19-17(16-18(20-12)23(3)13(2)21-16)22-14-7-9-15(10-8-14)27(6,25)11-26(4,5)24;1-11-18-16(15-17(19-11)23(3)12(2)20-15)21-13-7-9-14(10-8-13)27(6,25)22-26(4,5)24;1-10-17-15(14-16(18-10)21(3)11(2)19-14)20-12-6-8-13(9-7-12)23(4,5)22;1-10-17-15(14-16(18-10)21(3)11(2)19-14)20-12-6-8-13(9-7-12)22(4,5)23;1-10-16-13(12-14(17-10)19(3)11(2)18-12)15-7-8-23(6,21)9-22(4,5)20/h7-10H,11H2,1-6H3,(H,19,20,22);7-10H,1-6H3,(H,18,19,21)(H,22,24,25);2*6-9H,1-5H3,(H,17,18,20);7-8H,9H2,1-6H3,(H,15,16,17)/b;;;;8-7+. The van der Waals surface area contributed by atoms with Gasteiger partial charge in [-0.15, -0.1) is 0 Å². The van der Waals surface area contributed by atoms with Crippen molar-refractivity contribution >= 4 is 197 Å². The van der Waals surface area contributed by atoms with Gasteiger partial charge in [-0.3, -0.25) is 0 Å². The molecule has 0 radical (unpaired) electrons. The molecule has 0 saturated heterocycles. The lowest BCUT2D eigenvalue weighted by atomic mass is 10.3. The van der Waals surface area contributed by atoms with Crippen molar-refractivity contribution in [3.8, 4) is 0 Å². The van der Waals surface area contributed by atoms with Crippen LogP contribution in [0.4, 0.5) is 51.8 Å². The van der Waals surface area contributed by atoms with E-state index in [9.17, 15) is 32.0 Å². The zero-order valence-electron chi connectivity index (χ0n) is 75.1. The summed E-state index contributed by atoms with van der Waals surface area (Å²) in [7, 11) is -8.05. The summed E-state index contributed by atoms with van der Waals surface area (Å²) in [5.41, 5.74) is 11.0. The molecule has 0 saturated carbocycles. The zero-order valence-corrected chi connectivity index (χ0v) is 83.1. The highest BCUT2D eigenvalue weighted by molar-refractivity contribution is 8.17. The van der Waals surface area contributed by atoms with Gasteiger partial charge in [0.2, 0.25) is 0 Å². The monoisotopic (exact) mass is 1840 g/mol. The molecule has 3 atom stereocenters. The molecule has 42 heteroatoms. The van der Waals surface area contributed by atoms with Gasteiger partial charge in [0.25, 0.3) is 0 Å². The largest absolute Gasteiger partial charge is 0.345 e. The lowest BCUT2D eigenvalue weighted by Gasteiger charge is -2.18. The summed E-state index contributed by atoms with van der Waals surface area (Å²) in [5, 5.41) is 19.7. The summed E-state index contributed by atoms with van der Waals surface area (Å²) in [4.78, 5) is 70.0. The van der Waals surface area contributed by atoms with E-state index in [0.717, 1.165) is 113 Å². The summed E-state index contributed by atoms with van der Waals surface area (Å²) in [6, 6.07) is 29.0. The van der Waals surface area contributed by atoms with Gasteiger partial charge in [0.15, 0.2) is 92.2 Å². The first-order valence-electron chi connectivity index (χ1n) is 39.0. The van der Waals surface area contributed by atoms with Crippen LogP contribution in [0.3, 0.4) is 0 Å². The molecule has 0 aliphatic carbocycles. The Hall–Kier alpha value is -9.41. The van der Waals surface area contributed by atoms with Gasteiger partial charge < -0.3 is 81.4 Å². The highest BCUT2D eigenvalue weighted by Gasteiger charge is 2.28. The summed E-state index contributed by atoms with van der Waals surface area (Å²) < 4.78 is 95.9. The fourth-order valence-corrected chi connectivity index (χ4v) is 32.9. The molecule has 0 aliphatic rings. The van der Waals surface area contributed by atoms with Crippen molar-refractivity contribution in [2.45, 2.75) is 69.2 Å². The second kappa shape index (κ2) is 37.4. The molecule has 0 bridgehead atoms. The van der Waals surface area contributed by atoms with Gasteiger partial charge in [0.05, 0.1) is 26.1 Å². The van der Waals surface area contributed by atoms with E-state index in [4.69, 9.17) is 11.8 Å². The summed E-state index contributed by atoms with van der Waals surface area (Å²) in [5.74, 6) is 13.0. The van der Waals surface area contributed by atoms with Gasteiger partial charge in [0, 0.05) is 100 Å². The first kappa shape index (κ1) is 95.8. The minimum Gasteiger partial charge on any atom is -0.345 e. The van der Waals surface area contributed by atoms with Gasteiger partial charge in [-0.05, 0) is 238 Å². The summed E-state index contributed by atoms with van der Waals surface area (Å²) in [6.07, 6.45) is 1.60. The van der Waals surface area contributed by atoms with Crippen molar-refractivity contribution in [3.05, 3.63) is 167 Å². The van der Waals surface area contributed by atoms with Crippen molar-refractivity contribution < 1.29 is 32.0 Å². The maximum absolute atomic E-state index is 12.9. The second-order valence-electron chi connectivity index (χ2n) is 33.0. The van der Waals surface area contributed by atoms with Crippen LogP contribution in [-0.4, -0.2) is 196 Å². The fourth-order valence-electron chi connectivity index (χ4n) is 13.1. The molecule has 14 aromatic rings. The molecule has 3 unspecified atom stereocenters. The summed E-state index contributed by atoms with van der Waals surface area (Å²) in [6.45, 7) is 41.4. The molecule has 0 aliphatic heterocycles. The molecule has 14 rings (SSSR count). The molecule has 0 fully saturated rings. The van der Waals surface area contributed by atoms with Gasteiger partial charge in [0.1, 0.15) is 87.0 Å². The maximum atomic E-state index is 12.9. The molecule has 123 heavy (non-hydrogen) atoms. The average molecular weight is 1840 g/mol. The molecule has 654 valence electrons. The number of rotatable bonds is 21. The molecule has 6 N–H and O–H groups in total. The molecule has 10 aromatic heterocycles. The predicted octanol–water partition coefficient (Wildman–Crippen LogP) is 16.8. The van der Waals surface area contributed by atoms with Crippen LogP contribution >= 0.6 is 56.3 Å². The lowest BCUT2D eigenvalue weighted by Crippen LogP contribution is -2.15. The first-order chi connectivity index (χ1) is 56.9. The second-order valence-corrected chi connectivity index (χ2v) is 61.9. The normalized spacial score (nSPS) is 13.6. The van der Waals surface area contributed by atoms with Crippen LogP contribution in [0.25, 0.3) is 55.8 Å². The third kappa shape index (κ3) is 24.8. The van der Waals surface area contributed by atoms with Crippen LogP contribution in [0.1, 0.15) is 58.2 Å². The Labute approximate surface area is 723 Å². The van der Waals surface area contributed by atoms with Crippen LogP contribution in [-0.2, 0) is 79.0 Å². The lowest BCUT2D eigenvalue weighted by molar-refractivity contribution is 0.569. The third-order valence-electron chi connectivity index (χ3n) is 19.3. The van der Waals surface area contributed by atoms with Crippen LogP contribution < -0.4 is 52.7 Å². The molecule has 33 nitrogen and oxygen atoms in total.